The zero-order chi connectivity index (χ0) is 51.3. The number of Topliss-reactive ketones (excluding diaryl/α,β-unsaturated/α-hetero) is 1. The van der Waals surface area contributed by atoms with Gasteiger partial charge in [-0.1, -0.05) is 12.1 Å². The molecule has 72 heavy (non-hydrogen) atoms. The maximum absolute atomic E-state index is 14.2. The van der Waals surface area contributed by atoms with Gasteiger partial charge in [-0.3, -0.25) is 33.7 Å². The second kappa shape index (κ2) is 23.4. The highest BCUT2D eigenvalue weighted by Crippen LogP contribution is 2.53. The number of ether oxygens (including phenoxy) is 10. The molecule has 4 saturated heterocycles. The Bertz CT molecular complexity index is 2360. The van der Waals surface area contributed by atoms with E-state index >= 15 is 0 Å². The molecule has 8 rings (SSSR count). The molecule has 0 bridgehead atoms. The number of carbonyl (C=O) groups excluding carboxylic acids is 5. The number of carboxylic acids is 1. The lowest BCUT2D eigenvalue weighted by Crippen LogP contribution is -2.55. The number of phenolic OH excluding ortho intramolecular Hbond substituents is 2. The van der Waals surface area contributed by atoms with Gasteiger partial charge >= 0.3 is 5.97 Å². The van der Waals surface area contributed by atoms with Gasteiger partial charge < -0.3 is 78.0 Å². The SMILES string of the molecule is COc1cccc2c1C(=O)c1c(O)c3c(c(O)c1C2=O)C[C@@](O)(C(=O)NCC(=O)CCOCCOCCOCCOCCC(=O)N1CCC(C(=O)O)C1)C[C@@H]3O[C@H]1C[C@H]2[C@H](O[C@@H]3[C@@H](OC)OCCN32)[C@H](C)O1. The van der Waals surface area contributed by atoms with Gasteiger partial charge in [0, 0.05) is 75.2 Å². The van der Waals surface area contributed by atoms with E-state index in [1.54, 1.807) is 4.90 Å². The fourth-order valence-electron chi connectivity index (χ4n) is 10.4. The third kappa shape index (κ3) is 11.2. The van der Waals surface area contributed by atoms with Crippen LogP contribution in [-0.4, -0.2) is 208 Å². The Hall–Kier alpha value is -5.18. The Morgan fingerprint density at radius 2 is 1.54 bits per heavy atom. The first-order valence-electron chi connectivity index (χ1n) is 24.2. The smallest absolute Gasteiger partial charge is 0.308 e. The summed E-state index contributed by atoms with van der Waals surface area (Å²) in [6.07, 6.45) is -4.87. The number of morpholine rings is 1. The Morgan fingerprint density at radius 1 is 0.861 bits per heavy atom. The summed E-state index contributed by atoms with van der Waals surface area (Å²) < 4.78 is 57.8. The van der Waals surface area contributed by atoms with Gasteiger partial charge in [0.25, 0.3) is 5.91 Å². The molecule has 1 unspecified atom stereocenters. The quantitative estimate of drug-likeness (QED) is 0.0642. The fourth-order valence-corrected chi connectivity index (χ4v) is 10.4. The fraction of sp³-hybridized carbons (Fsp3) is 0.633. The minimum Gasteiger partial charge on any atom is -0.507 e. The van der Waals surface area contributed by atoms with Crippen LogP contribution in [0.1, 0.15) is 88.1 Å². The van der Waals surface area contributed by atoms with Crippen LogP contribution >= 0.6 is 0 Å². The molecule has 4 aliphatic heterocycles. The van der Waals surface area contributed by atoms with Crippen LogP contribution in [0.3, 0.4) is 0 Å². The van der Waals surface area contributed by atoms with Crippen molar-refractivity contribution in [3.63, 3.8) is 0 Å². The standard InChI is InChI=1S/C49H63N3O20/c1-26-44-31(52-11-14-69-47(64-3)45(52)72-44)21-35(70-26)71-33-23-49(62,22-30-37(33)43(58)39-38(41(30)56)40(55)29-5-4-6-32(63-2)36(29)42(39)57)48(61)50-24-28(53)8-12-65-15-17-67-19-20-68-18-16-66-13-9-34(54)51-10-7-27(25-51)46(59)60/h4-6,26-27,31,33,35,44-45,47,56,58,62H,7-25H2,1-3H3,(H,50,61)(H,59,60)/t26-,27?,31-,33-,35-,44+,45+,47-,49-/m0/s1. The van der Waals surface area contributed by atoms with E-state index in [0.29, 0.717) is 26.1 Å². The molecule has 0 aromatic heterocycles. The number of aliphatic carboxylic acids is 1. The van der Waals surface area contributed by atoms with E-state index in [2.05, 4.69) is 10.2 Å². The zero-order valence-corrected chi connectivity index (χ0v) is 40.5. The highest BCUT2D eigenvalue weighted by molar-refractivity contribution is 6.31. The maximum atomic E-state index is 14.2. The summed E-state index contributed by atoms with van der Waals surface area (Å²) in [5.74, 6) is -5.83. The van der Waals surface area contributed by atoms with E-state index in [1.807, 2.05) is 6.92 Å². The molecule has 23 nitrogen and oxygen atoms in total. The Kier molecular flexibility index (Phi) is 17.2. The molecule has 5 N–H and O–H groups in total. The highest BCUT2D eigenvalue weighted by atomic mass is 16.7. The number of carbonyl (C=O) groups is 6. The molecule has 2 aromatic carbocycles. The van der Waals surface area contributed by atoms with Gasteiger partial charge in [0.05, 0.1) is 114 Å². The number of ketones is 3. The molecule has 4 heterocycles. The molecule has 394 valence electrons. The Labute approximate surface area is 414 Å². The summed E-state index contributed by atoms with van der Waals surface area (Å²) in [7, 11) is 2.85. The van der Waals surface area contributed by atoms with Crippen LogP contribution in [0.2, 0.25) is 0 Å². The summed E-state index contributed by atoms with van der Waals surface area (Å²) in [6, 6.07) is 4.16. The molecule has 0 saturated carbocycles. The number of benzene rings is 2. The van der Waals surface area contributed by atoms with Crippen molar-refractivity contribution < 1.29 is 96.6 Å². The summed E-state index contributed by atoms with van der Waals surface area (Å²) in [5, 5.41) is 47.8. The van der Waals surface area contributed by atoms with E-state index in [4.69, 9.17) is 52.5 Å². The minimum atomic E-state index is -2.37. The van der Waals surface area contributed by atoms with Crippen LogP contribution in [0.5, 0.6) is 17.2 Å². The number of phenols is 2. The molecule has 6 aliphatic rings. The zero-order valence-electron chi connectivity index (χ0n) is 40.5. The van der Waals surface area contributed by atoms with Crippen LogP contribution in [-0.2, 0) is 68.2 Å². The molecular weight excluding hydrogens is 951 g/mol. The Morgan fingerprint density at radius 3 is 2.21 bits per heavy atom. The number of amides is 2. The summed E-state index contributed by atoms with van der Waals surface area (Å²) in [5.41, 5.74) is -3.83. The van der Waals surface area contributed by atoms with Gasteiger partial charge in [-0.05, 0) is 19.4 Å². The number of carboxylic acid groups (broad SMARTS) is 1. The predicted octanol–water partition coefficient (Wildman–Crippen LogP) is 0.615. The molecule has 0 radical (unpaired) electrons. The number of nitrogens with one attached hydrogen (secondary N) is 1. The van der Waals surface area contributed by atoms with Gasteiger partial charge in [0.2, 0.25) is 11.7 Å². The number of methoxy groups -OCH3 is 2. The first-order valence-corrected chi connectivity index (χ1v) is 24.2. The monoisotopic (exact) mass is 1010 g/mol. The first-order chi connectivity index (χ1) is 34.6. The van der Waals surface area contributed by atoms with Crippen molar-refractivity contribution in [3.05, 3.63) is 51.6 Å². The maximum Gasteiger partial charge on any atom is 0.308 e. The molecule has 0 spiro atoms. The lowest BCUT2D eigenvalue weighted by Gasteiger charge is -2.43. The van der Waals surface area contributed by atoms with E-state index in [-0.39, 0.29) is 119 Å². The average Bonchev–Trinajstić information content (AvgIpc) is 4.02. The molecular formula is C49H63N3O20. The molecule has 4 fully saturated rings. The third-order valence-electron chi connectivity index (χ3n) is 14.0. The highest BCUT2D eigenvalue weighted by Gasteiger charge is 2.55. The molecule has 2 amide bonds. The van der Waals surface area contributed by atoms with Crippen LogP contribution in [0, 0.1) is 5.92 Å². The van der Waals surface area contributed by atoms with E-state index in [1.165, 1.54) is 32.4 Å². The summed E-state index contributed by atoms with van der Waals surface area (Å²) in [6.45, 7) is 4.64. The van der Waals surface area contributed by atoms with Crippen LogP contribution in [0.15, 0.2) is 18.2 Å². The minimum absolute atomic E-state index is 0.0178. The van der Waals surface area contributed by atoms with Gasteiger partial charge in [0.1, 0.15) is 29.0 Å². The second-order valence-corrected chi connectivity index (χ2v) is 18.5. The molecule has 23 heteroatoms. The van der Waals surface area contributed by atoms with Crippen molar-refractivity contribution in [1.29, 1.82) is 0 Å². The van der Waals surface area contributed by atoms with Gasteiger partial charge in [-0.25, -0.2) is 0 Å². The largest absolute Gasteiger partial charge is 0.507 e. The van der Waals surface area contributed by atoms with Gasteiger partial charge in [-0.2, -0.15) is 0 Å². The number of hydrogen-bond donors (Lipinski definition) is 5. The second-order valence-electron chi connectivity index (χ2n) is 18.5. The van der Waals surface area contributed by atoms with Crippen LogP contribution < -0.4 is 10.1 Å². The topological polar surface area (TPSA) is 294 Å². The van der Waals surface area contributed by atoms with E-state index in [0.717, 1.165) is 0 Å². The number of likely N-dealkylation sites (tertiary alicyclic amines) is 1. The predicted molar refractivity (Wildman–Crippen MR) is 244 cm³/mol. The van der Waals surface area contributed by atoms with Crippen molar-refractivity contribution in [2.24, 2.45) is 5.92 Å². The van der Waals surface area contributed by atoms with Gasteiger partial charge in [-0.15, -0.1) is 0 Å². The van der Waals surface area contributed by atoms with Crippen molar-refractivity contribution in [2.45, 2.75) is 94.2 Å². The number of aliphatic hydroxyl groups is 1. The molecule has 2 aromatic rings. The lowest BCUT2D eigenvalue weighted by molar-refractivity contribution is -0.256. The first kappa shape index (κ1) is 53.1. The summed E-state index contributed by atoms with van der Waals surface area (Å²) >= 11 is 0. The lowest BCUT2D eigenvalue weighted by atomic mass is 9.72. The van der Waals surface area contributed by atoms with Crippen molar-refractivity contribution >= 4 is 35.1 Å². The van der Waals surface area contributed by atoms with Crippen LogP contribution in [0.4, 0.5) is 0 Å². The van der Waals surface area contributed by atoms with Crippen molar-refractivity contribution in [3.8, 4) is 17.2 Å². The molecule has 9 atom stereocenters. The number of hydrogen-bond acceptors (Lipinski definition) is 20. The third-order valence-corrected chi connectivity index (χ3v) is 14.0. The number of fused-ring (bicyclic) bond motifs is 6. The molecule has 2 aliphatic carbocycles. The number of rotatable bonds is 23. The van der Waals surface area contributed by atoms with Crippen molar-refractivity contribution in [2.75, 3.05) is 99.9 Å². The normalized spacial score (nSPS) is 27.6. The van der Waals surface area contributed by atoms with Crippen LogP contribution in [0.25, 0.3) is 0 Å². The van der Waals surface area contributed by atoms with Crippen molar-refractivity contribution in [1.82, 2.24) is 15.1 Å². The number of nitrogens with zero attached hydrogens (tertiary/aromatic N) is 2. The Balaban J connectivity index is 0.834. The van der Waals surface area contributed by atoms with E-state index < -0.39 is 120 Å². The average molecular weight is 1010 g/mol. The number of aromatic hydroxyl groups is 2. The summed E-state index contributed by atoms with van der Waals surface area (Å²) in [4.78, 5) is 82.2. The van der Waals surface area contributed by atoms with Gasteiger partial charge in [0.15, 0.2) is 30.4 Å². The van der Waals surface area contributed by atoms with E-state index in [9.17, 15) is 44.1 Å².